The Kier molecular flexibility index (Phi) is 3.12. The van der Waals surface area contributed by atoms with Crippen LogP contribution in [0.2, 0.25) is 0 Å². The number of para-hydroxylation sites is 1. The fourth-order valence-corrected chi connectivity index (χ4v) is 2.40. The Balaban J connectivity index is 2.44. The number of rotatable bonds is 2. The van der Waals surface area contributed by atoms with Gasteiger partial charge in [-0.3, -0.25) is 0 Å². The lowest BCUT2D eigenvalue weighted by atomic mass is 9.85. The number of aliphatic hydroxyl groups excluding tert-OH is 1. The van der Waals surface area contributed by atoms with E-state index >= 15 is 0 Å². The van der Waals surface area contributed by atoms with E-state index in [-0.39, 0.29) is 18.3 Å². The zero-order valence-electron chi connectivity index (χ0n) is 9.36. The Morgan fingerprint density at radius 2 is 2.38 bits per heavy atom. The van der Waals surface area contributed by atoms with Crippen LogP contribution in [0, 0.1) is 5.82 Å². The predicted molar refractivity (Wildman–Crippen MR) is 62.1 cm³/mol. The summed E-state index contributed by atoms with van der Waals surface area (Å²) < 4.78 is 13.7. The molecule has 2 rings (SSSR count). The molecule has 0 aromatic heterocycles. The maximum atomic E-state index is 13.7. The zero-order chi connectivity index (χ0) is 11.7. The molecule has 1 aromatic carbocycles. The maximum Gasteiger partial charge on any atom is 0.146 e. The van der Waals surface area contributed by atoms with Gasteiger partial charge in [-0.25, -0.2) is 4.39 Å². The van der Waals surface area contributed by atoms with Gasteiger partial charge < -0.3 is 15.7 Å². The van der Waals surface area contributed by atoms with E-state index < -0.39 is 6.10 Å². The van der Waals surface area contributed by atoms with E-state index in [1.165, 1.54) is 6.07 Å². The standard InChI is InChI=1S/C12H17FN2O/c1-15-6-5-8(11(16)7-14)9-3-2-4-10(13)12(9)15/h2-4,8,11,16H,5-7,14H2,1H3. The first-order valence-electron chi connectivity index (χ1n) is 5.52. The van der Waals surface area contributed by atoms with Gasteiger partial charge in [-0.1, -0.05) is 12.1 Å². The Labute approximate surface area is 94.7 Å². The third kappa shape index (κ3) is 1.79. The Hall–Kier alpha value is -1.13. The summed E-state index contributed by atoms with van der Waals surface area (Å²) in [5.74, 6) is -0.277. The number of nitrogens with two attached hydrogens (primary N) is 1. The van der Waals surface area contributed by atoms with Crippen LogP contribution in [0.15, 0.2) is 18.2 Å². The van der Waals surface area contributed by atoms with Crippen molar-refractivity contribution in [2.24, 2.45) is 5.73 Å². The van der Waals surface area contributed by atoms with Gasteiger partial charge in [0.2, 0.25) is 0 Å². The summed E-state index contributed by atoms with van der Waals surface area (Å²) in [5.41, 5.74) is 6.95. The largest absolute Gasteiger partial charge is 0.391 e. The Bertz CT molecular complexity index is 383. The molecule has 0 bridgehead atoms. The minimum Gasteiger partial charge on any atom is -0.391 e. The first-order chi connectivity index (χ1) is 7.65. The van der Waals surface area contributed by atoms with Crippen LogP contribution in [0.25, 0.3) is 0 Å². The van der Waals surface area contributed by atoms with E-state index in [4.69, 9.17) is 5.73 Å². The monoisotopic (exact) mass is 224 g/mol. The van der Waals surface area contributed by atoms with E-state index in [9.17, 15) is 9.50 Å². The Morgan fingerprint density at radius 3 is 3.06 bits per heavy atom. The zero-order valence-corrected chi connectivity index (χ0v) is 9.36. The van der Waals surface area contributed by atoms with Crippen molar-refractivity contribution in [1.82, 2.24) is 0 Å². The summed E-state index contributed by atoms with van der Waals surface area (Å²) in [6.45, 7) is 0.958. The van der Waals surface area contributed by atoms with Gasteiger partial charge in [-0.2, -0.15) is 0 Å². The van der Waals surface area contributed by atoms with Gasteiger partial charge in [-0.15, -0.1) is 0 Å². The van der Waals surface area contributed by atoms with Crippen LogP contribution in [0.1, 0.15) is 17.9 Å². The van der Waals surface area contributed by atoms with E-state index in [2.05, 4.69) is 0 Å². The second kappa shape index (κ2) is 4.39. The summed E-state index contributed by atoms with van der Waals surface area (Å²) in [6.07, 6.45) is 0.222. The molecule has 0 saturated carbocycles. The maximum absolute atomic E-state index is 13.7. The topological polar surface area (TPSA) is 49.5 Å². The van der Waals surface area contributed by atoms with Crippen molar-refractivity contribution in [3.63, 3.8) is 0 Å². The highest BCUT2D eigenvalue weighted by Gasteiger charge is 2.29. The minimum atomic E-state index is -0.589. The lowest BCUT2D eigenvalue weighted by molar-refractivity contribution is 0.145. The highest BCUT2D eigenvalue weighted by molar-refractivity contribution is 5.58. The molecule has 1 aliphatic rings. The van der Waals surface area contributed by atoms with Gasteiger partial charge >= 0.3 is 0 Å². The first-order valence-corrected chi connectivity index (χ1v) is 5.52. The average Bonchev–Trinajstić information content (AvgIpc) is 2.28. The molecule has 0 spiro atoms. The average molecular weight is 224 g/mol. The highest BCUT2D eigenvalue weighted by Crippen LogP contribution is 2.37. The van der Waals surface area contributed by atoms with Gasteiger partial charge in [0.25, 0.3) is 0 Å². The number of halogens is 1. The minimum absolute atomic E-state index is 0.0492. The van der Waals surface area contributed by atoms with Crippen LogP contribution < -0.4 is 10.6 Å². The van der Waals surface area contributed by atoms with Crippen molar-refractivity contribution in [1.29, 1.82) is 0 Å². The molecular weight excluding hydrogens is 207 g/mol. The normalized spacial score (nSPS) is 21.8. The van der Waals surface area contributed by atoms with Crippen molar-refractivity contribution >= 4 is 5.69 Å². The fraction of sp³-hybridized carbons (Fsp3) is 0.500. The fourth-order valence-electron chi connectivity index (χ4n) is 2.40. The predicted octanol–water partition coefficient (Wildman–Crippen LogP) is 1.07. The van der Waals surface area contributed by atoms with Crippen molar-refractivity contribution in [2.75, 3.05) is 25.0 Å². The van der Waals surface area contributed by atoms with Crippen LogP contribution in [0.4, 0.5) is 10.1 Å². The van der Waals surface area contributed by atoms with Crippen LogP contribution in [0.3, 0.4) is 0 Å². The molecule has 3 N–H and O–H groups in total. The molecule has 16 heavy (non-hydrogen) atoms. The molecule has 0 aliphatic carbocycles. The van der Waals surface area contributed by atoms with Crippen LogP contribution in [-0.4, -0.2) is 31.3 Å². The van der Waals surface area contributed by atoms with Crippen LogP contribution >= 0.6 is 0 Å². The molecule has 1 aromatic rings. The molecule has 0 radical (unpaired) electrons. The second-order valence-corrected chi connectivity index (χ2v) is 4.30. The summed E-state index contributed by atoms with van der Waals surface area (Å²) >= 11 is 0. The Morgan fingerprint density at radius 1 is 1.62 bits per heavy atom. The van der Waals surface area contributed by atoms with Crippen LogP contribution in [0.5, 0.6) is 0 Å². The third-order valence-corrected chi connectivity index (χ3v) is 3.28. The van der Waals surface area contributed by atoms with Crippen molar-refractivity contribution < 1.29 is 9.50 Å². The molecule has 3 nitrogen and oxygen atoms in total. The van der Waals surface area contributed by atoms with Gasteiger partial charge in [-0.05, 0) is 18.1 Å². The van der Waals surface area contributed by atoms with Crippen molar-refractivity contribution in [2.45, 2.75) is 18.4 Å². The van der Waals surface area contributed by atoms with Crippen molar-refractivity contribution in [3.05, 3.63) is 29.6 Å². The van der Waals surface area contributed by atoms with E-state index in [0.717, 1.165) is 18.5 Å². The summed E-state index contributed by atoms with van der Waals surface area (Å²) in [6, 6.07) is 5.01. The van der Waals surface area contributed by atoms with E-state index in [1.807, 2.05) is 18.0 Å². The lowest BCUT2D eigenvalue weighted by Gasteiger charge is -2.35. The first kappa shape index (κ1) is 11.4. The lowest BCUT2D eigenvalue weighted by Crippen LogP contribution is -2.36. The number of anilines is 1. The smallest absolute Gasteiger partial charge is 0.146 e. The second-order valence-electron chi connectivity index (χ2n) is 4.30. The highest BCUT2D eigenvalue weighted by atomic mass is 19.1. The number of hydrogen-bond acceptors (Lipinski definition) is 3. The SMILES string of the molecule is CN1CCC(C(O)CN)c2cccc(F)c21. The van der Waals surface area contributed by atoms with Gasteiger partial charge in [0.05, 0.1) is 11.8 Å². The number of fused-ring (bicyclic) bond motifs is 1. The molecule has 0 saturated heterocycles. The summed E-state index contributed by atoms with van der Waals surface area (Å²) in [4.78, 5) is 1.89. The number of hydrogen-bond donors (Lipinski definition) is 2. The molecular formula is C12H17FN2O. The van der Waals surface area contributed by atoms with E-state index in [1.54, 1.807) is 6.07 Å². The van der Waals surface area contributed by atoms with Crippen molar-refractivity contribution in [3.8, 4) is 0 Å². The quantitative estimate of drug-likeness (QED) is 0.790. The van der Waals surface area contributed by atoms with Gasteiger partial charge in [0.1, 0.15) is 5.82 Å². The number of nitrogens with zero attached hydrogens (tertiary/aromatic N) is 1. The molecule has 1 aliphatic heterocycles. The molecule has 2 atom stereocenters. The molecule has 0 amide bonds. The molecule has 4 heteroatoms. The number of aliphatic hydroxyl groups is 1. The summed E-state index contributed by atoms with van der Waals surface area (Å²) in [7, 11) is 1.87. The van der Waals surface area contributed by atoms with E-state index in [0.29, 0.717) is 5.69 Å². The molecule has 2 unspecified atom stereocenters. The number of benzene rings is 1. The molecule has 88 valence electrons. The molecule has 0 fully saturated rings. The van der Waals surface area contributed by atoms with Crippen LogP contribution in [-0.2, 0) is 0 Å². The summed E-state index contributed by atoms with van der Waals surface area (Å²) in [5, 5.41) is 9.84. The van der Waals surface area contributed by atoms with Gasteiger partial charge in [0.15, 0.2) is 0 Å². The van der Waals surface area contributed by atoms with Gasteiger partial charge in [0, 0.05) is 26.1 Å². The molecule has 1 heterocycles. The third-order valence-electron chi connectivity index (χ3n) is 3.28.